The van der Waals surface area contributed by atoms with Gasteiger partial charge in [-0.05, 0) is 25.5 Å². The van der Waals surface area contributed by atoms with Crippen LogP contribution in [-0.4, -0.2) is 38.0 Å². The highest BCUT2D eigenvalue weighted by atomic mass is 79.9. The molecule has 0 saturated carbocycles. The molecule has 0 saturated heterocycles. The zero-order valence-corrected chi connectivity index (χ0v) is 13.3. The topological polar surface area (TPSA) is 53.6 Å². The first-order chi connectivity index (χ1) is 8.15. The van der Waals surface area contributed by atoms with E-state index in [0.29, 0.717) is 19.0 Å². The average Bonchev–Trinajstić information content (AvgIpc) is 2.79. The molecule has 18 heavy (non-hydrogen) atoms. The molecule has 1 heterocycles. The summed E-state index contributed by atoms with van der Waals surface area (Å²) in [5.41, 5.74) is 5.74. The van der Waals surface area contributed by atoms with E-state index in [1.54, 1.807) is 17.4 Å². The maximum atomic E-state index is 5.74. The second-order valence-electron chi connectivity index (χ2n) is 3.89. The molecular weight excluding hydrogens is 312 g/mol. The summed E-state index contributed by atoms with van der Waals surface area (Å²) in [6.07, 6.45) is 1.76. The van der Waals surface area contributed by atoms with Gasteiger partial charge in [-0.1, -0.05) is 12.1 Å². The summed E-state index contributed by atoms with van der Waals surface area (Å²) in [4.78, 5) is 7.79. The maximum Gasteiger partial charge on any atom is 0.188 e. The molecule has 0 spiro atoms. The van der Waals surface area contributed by atoms with Crippen LogP contribution in [0.25, 0.3) is 0 Å². The van der Waals surface area contributed by atoms with E-state index < -0.39 is 0 Å². The van der Waals surface area contributed by atoms with Gasteiger partial charge in [-0.2, -0.15) is 0 Å². The van der Waals surface area contributed by atoms with Gasteiger partial charge in [0, 0.05) is 11.4 Å². The third kappa shape index (κ3) is 5.66. The number of nitrogens with one attached hydrogen (secondary N) is 1. The van der Waals surface area contributed by atoms with Gasteiger partial charge >= 0.3 is 0 Å². The van der Waals surface area contributed by atoms with Gasteiger partial charge < -0.3 is 16.0 Å². The van der Waals surface area contributed by atoms with Crippen molar-refractivity contribution in [3.8, 4) is 0 Å². The van der Waals surface area contributed by atoms with Crippen molar-refractivity contribution in [3.63, 3.8) is 0 Å². The number of rotatable bonds is 6. The van der Waals surface area contributed by atoms with Gasteiger partial charge in [0.25, 0.3) is 0 Å². The van der Waals surface area contributed by atoms with E-state index in [2.05, 4.69) is 39.3 Å². The van der Waals surface area contributed by atoms with Gasteiger partial charge in [-0.3, -0.25) is 4.99 Å². The molecule has 6 heteroatoms. The van der Waals surface area contributed by atoms with Crippen LogP contribution in [0.2, 0.25) is 0 Å². The summed E-state index contributed by atoms with van der Waals surface area (Å²) in [5, 5.41) is 5.04. The first-order valence-electron chi connectivity index (χ1n) is 5.49. The Bertz CT molecular complexity index is 362. The van der Waals surface area contributed by atoms with Crippen LogP contribution in [0.3, 0.4) is 0 Å². The number of aliphatic imine (C=N–C) groups is 1. The summed E-state index contributed by atoms with van der Waals surface area (Å²) in [6, 6.07) is 4.46. The number of hydrogen-bond acceptors (Lipinski definition) is 3. The van der Waals surface area contributed by atoms with Gasteiger partial charge in [-0.25, -0.2) is 0 Å². The Hall–Kier alpha value is -0.850. The lowest BCUT2D eigenvalue weighted by atomic mass is 10.2. The average molecular weight is 333 g/mol. The van der Waals surface area contributed by atoms with Gasteiger partial charge in [0.05, 0.1) is 12.6 Å². The third-order valence-electron chi connectivity index (χ3n) is 2.36. The van der Waals surface area contributed by atoms with Crippen molar-refractivity contribution in [2.24, 2.45) is 10.7 Å². The van der Waals surface area contributed by atoms with Gasteiger partial charge in [0.1, 0.15) is 0 Å². The molecule has 3 N–H and O–H groups in total. The fraction of sp³-hybridized carbons (Fsp3) is 0.417. The number of nitrogens with two attached hydrogens (primary N) is 1. The van der Waals surface area contributed by atoms with Crippen LogP contribution in [0.5, 0.6) is 0 Å². The largest absolute Gasteiger partial charge is 0.370 e. The number of nitrogens with zero attached hydrogens (tertiary/aromatic N) is 2. The zero-order valence-electron chi connectivity index (χ0n) is 10.8. The smallest absolute Gasteiger partial charge is 0.188 e. The number of guanidine groups is 1. The van der Waals surface area contributed by atoms with Crippen LogP contribution in [0.15, 0.2) is 35.2 Å². The summed E-state index contributed by atoms with van der Waals surface area (Å²) < 4.78 is 0. The van der Waals surface area contributed by atoms with Crippen LogP contribution in [0, 0.1) is 0 Å². The lowest BCUT2D eigenvalue weighted by Crippen LogP contribution is -2.33. The number of likely N-dealkylation sites (N-methyl/N-ethyl adjacent to an activating group) is 1. The molecule has 1 aromatic heterocycles. The highest BCUT2D eigenvalue weighted by Crippen LogP contribution is 2.23. The molecule has 1 aromatic rings. The molecular formula is C12H21BrN4S. The summed E-state index contributed by atoms with van der Waals surface area (Å²) >= 11 is 1.74. The second kappa shape index (κ2) is 9.13. The van der Waals surface area contributed by atoms with Crippen molar-refractivity contribution in [1.82, 2.24) is 10.2 Å². The molecule has 0 aliphatic carbocycles. The van der Waals surface area contributed by atoms with Crippen LogP contribution < -0.4 is 11.1 Å². The molecule has 0 radical (unpaired) electrons. The minimum atomic E-state index is 0. The molecule has 0 aliphatic rings. The van der Waals surface area contributed by atoms with Crippen LogP contribution in [0.1, 0.15) is 10.9 Å². The Morgan fingerprint density at radius 2 is 2.39 bits per heavy atom. The van der Waals surface area contributed by atoms with Crippen LogP contribution in [-0.2, 0) is 0 Å². The molecule has 0 aromatic carbocycles. The van der Waals surface area contributed by atoms with Crippen LogP contribution >= 0.6 is 28.3 Å². The Morgan fingerprint density at radius 1 is 1.67 bits per heavy atom. The van der Waals surface area contributed by atoms with E-state index in [9.17, 15) is 0 Å². The van der Waals surface area contributed by atoms with E-state index in [1.807, 2.05) is 14.1 Å². The molecule has 0 bridgehead atoms. The highest BCUT2D eigenvalue weighted by Gasteiger charge is 2.14. The molecule has 1 unspecified atom stereocenters. The molecule has 102 valence electrons. The molecule has 0 amide bonds. The van der Waals surface area contributed by atoms with Gasteiger partial charge in [-0.15, -0.1) is 34.9 Å². The summed E-state index contributed by atoms with van der Waals surface area (Å²) in [6.45, 7) is 4.91. The first-order valence-corrected chi connectivity index (χ1v) is 6.37. The monoisotopic (exact) mass is 332 g/mol. The van der Waals surface area contributed by atoms with E-state index in [4.69, 9.17) is 5.73 Å². The quantitative estimate of drug-likeness (QED) is 0.476. The normalized spacial score (nSPS) is 12.9. The number of hydrogen-bond donors (Lipinski definition) is 2. The molecule has 1 atom stereocenters. The SMILES string of the molecule is Br.C=CCNC(N)=NCC(c1cccs1)N(C)C. The second-order valence-corrected chi connectivity index (χ2v) is 4.87. The Morgan fingerprint density at radius 3 is 2.89 bits per heavy atom. The fourth-order valence-corrected chi connectivity index (χ4v) is 2.32. The van der Waals surface area contributed by atoms with Crippen molar-refractivity contribution >= 4 is 34.3 Å². The van der Waals surface area contributed by atoms with Gasteiger partial charge in [0.2, 0.25) is 0 Å². The van der Waals surface area contributed by atoms with Crippen molar-refractivity contribution in [1.29, 1.82) is 0 Å². The minimum Gasteiger partial charge on any atom is -0.370 e. The molecule has 0 aliphatic heterocycles. The molecule has 0 fully saturated rings. The van der Waals surface area contributed by atoms with Crippen LogP contribution in [0.4, 0.5) is 0 Å². The first kappa shape index (κ1) is 17.2. The standard InChI is InChI=1S/C12H20N4S.BrH/c1-4-7-14-12(13)15-9-10(16(2)3)11-6-5-8-17-11;/h4-6,8,10H,1,7,9H2,2-3H3,(H3,13,14,15);1H. The predicted molar refractivity (Wildman–Crippen MR) is 85.8 cm³/mol. The number of halogens is 1. The lowest BCUT2D eigenvalue weighted by molar-refractivity contribution is 0.310. The van der Waals surface area contributed by atoms with E-state index in [1.165, 1.54) is 4.88 Å². The molecule has 4 nitrogen and oxygen atoms in total. The van der Waals surface area contributed by atoms with E-state index >= 15 is 0 Å². The predicted octanol–water partition coefficient (Wildman–Crippen LogP) is 2.02. The van der Waals surface area contributed by atoms with Crippen molar-refractivity contribution in [2.75, 3.05) is 27.2 Å². The van der Waals surface area contributed by atoms with E-state index in [0.717, 1.165) is 0 Å². The fourth-order valence-electron chi connectivity index (χ4n) is 1.41. The van der Waals surface area contributed by atoms with Crippen molar-refractivity contribution in [3.05, 3.63) is 35.0 Å². The minimum absolute atomic E-state index is 0. The third-order valence-corrected chi connectivity index (χ3v) is 3.33. The Balaban J connectivity index is 0.00000289. The van der Waals surface area contributed by atoms with Crippen molar-refractivity contribution in [2.45, 2.75) is 6.04 Å². The summed E-state index contributed by atoms with van der Waals surface area (Å²) in [5.74, 6) is 0.466. The van der Waals surface area contributed by atoms with Crippen molar-refractivity contribution < 1.29 is 0 Å². The van der Waals surface area contributed by atoms with Gasteiger partial charge in [0.15, 0.2) is 5.96 Å². The Kier molecular flexibility index (Phi) is 8.70. The maximum absolute atomic E-state index is 5.74. The highest BCUT2D eigenvalue weighted by molar-refractivity contribution is 8.93. The molecule has 1 rings (SSSR count). The lowest BCUT2D eigenvalue weighted by Gasteiger charge is -2.21. The zero-order chi connectivity index (χ0) is 12.7. The summed E-state index contributed by atoms with van der Waals surface area (Å²) in [7, 11) is 4.10. The Labute approximate surface area is 123 Å². The van der Waals surface area contributed by atoms with E-state index in [-0.39, 0.29) is 23.0 Å². The number of thiophene rings is 1.